The lowest BCUT2D eigenvalue weighted by molar-refractivity contribution is -0.155. The highest BCUT2D eigenvalue weighted by Crippen LogP contribution is 2.11. The number of carboxylic acid groups (broad SMARTS) is 1. The highest BCUT2D eigenvalue weighted by Gasteiger charge is 2.15. The van der Waals surface area contributed by atoms with E-state index < -0.39 is 17.6 Å². The van der Waals surface area contributed by atoms with Crippen molar-refractivity contribution in [2.75, 3.05) is 0 Å². The van der Waals surface area contributed by atoms with Crippen molar-refractivity contribution in [3.63, 3.8) is 0 Å². The molecule has 5 heteroatoms. The molecule has 3 N–H and O–H groups in total. The van der Waals surface area contributed by atoms with Crippen molar-refractivity contribution in [3.05, 3.63) is 0 Å². The number of hydrogen-bond acceptors (Lipinski definition) is 4. The maximum atomic E-state index is 11.3. The van der Waals surface area contributed by atoms with Crippen molar-refractivity contribution in [3.8, 4) is 0 Å². The minimum atomic E-state index is -0.975. The Morgan fingerprint density at radius 1 is 1.24 bits per heavy atom. The van der Waals surface area contributed by atoms with Crippen LogP contribution < -0.4 is 5.73 Å². The molecular formula is C12H23NO4. The number of carboxylic acids is 1. The fraction of sp³-hybridized carbons (Fsp3) is 0.833. The van der Waals surface area contributed by atoms with Gasteiger partial charge in [0.05, 0.1) is 0 Å². The van der Waals surface area contributed by atoms with Gasteiger partial charge in [0.2, 0.25) is 0 Å². The zero-order chi connectivity index (χ0) is 13.5. The van der Waals surface area contributed by atoms with Gasteiger partial charge in [0.25, 0.3) is 0 Å². The minimum Gasteiger partial charge on any atom is -0.480 e. The molecule has 0 aromatic rings. The van der Waals surface area contributed by atoms with Crippen molar-refractivity contribution in [1.29, 1.82) is 0 Å². The average molecular weight is 245 g/mol. The monoisotopic (exact) mass is 245 g/mol. The summed E-state index contributed by atoms with van der Waals surface area (Å²) in [5, 5.41) is 8.56. The van der Waals surface area contributed by atoms with Gasteiger partial charge in [-0.1, -0.05) is 12.8 Å². The van der Waals surface area contributed by atoms with Crippen LogP contribution in [0.1, 0.15) is 52.9 Å². The van der Waals surface area contributed by atoms with Gasteiger partial charge in [-0.2, -0.15) is 0 Å². The number of esters is 1. The van der Waals surface area contributed by atoms with Gasteiger partial charge in [-0.15, -0.1) is 0 Å². The highest BCUT2D eigenvalue weighted by atomic mass is 16.6. The summed E-state index contributed by atoms with van der Waals surface area (Å²) in [7, 11) is 0. The van der Waals surface area contributed by atoms with E-state index in [1.165, 1.54) is 0 Å². The van der Waals surface area contributed by atoms with E-state index in [0.29, 0.717) is 19.3 Å². The van der Waals surface area contributed by atoms with Crippen LogP contribution in [0.3, 0.4) is 0 Å². The third kappa shape index (κ3) is 9.81. The van der Waals surface area contributed by atoms with E-state index in [1.807, 2.05) is 20.8 Å². The Morgan fingerprint density at radius 2 is 1.82 bits per heavy atom. The lowest BCUT2D eigenvalue weighted by atomic mass is 10.1. The molecule has 1 unspecified atom stereocenters. The Kier molecular flexibility index (Phi) is 6.80. The van der Waals surface area contributed by atoms with Crippen LogP contribution in [0, 0.1) is 0 Å². The topological polar surface area (TPSA) is 89.6 Å². The molecule has 0 bridgehead atoms. The Morgan fingerprint density at radius 3 is 2.29 bits per heavy atom. The normalized spacial score (nSPS) is 13.2. The molecule has 0 rings (SSSR count). The molecule has 0 saturated carbocycles. The van der Waals surface area contributed by atoms with Crippen molar-refractivity contribution in [2.45, 2.75) is 64.5 Å². The summed E-state index contributed by atoms with van der Waals surface area (Å²) in [6.45, 7) is 5.49. The van der Waals surface area contributed by atoms with Crippen LogP contribution in [0.15, 0.2) is 0 Å². The van der Waals surface area contributed by atoms with Crippen LogP contribution in [-0.2, 0) is 14.3 Å². The lowest BCUT2D eigenvalue weighted by Crippen LogP contribution is -2.29. The average Bonchev–Trinajstić information content (AvgIpc) is 2.13. The first kappa shape index (κ1) is 15.9. The maximum Gasteiger partial charge on any atom is 0.320 e. The molecule has 0 aromatic heterocycles. The maximum absolute atomic E-state index is 11.3. The molecule has 0 amide bonds. The van der Waals surface area contributed by atoms with Gasteiger partial charge in [-0.3, -0.25) is 9.59 Å². The molecule has 0 aliphatic heterocycles. The van der Waals surface area contributed by atoms with E-state index in [2.05, 4.69) is 0 Å². The summed E-state index contributed by atoms with van der Waals surface area (Å²) < 4.78 is 5.15. The summed E-state index contributed by atoms with van der Waals surface area (Å²) in [5.74, 6) is -1.18. The molecule has 0 aliphatic rings. The fourth-order valence-electron chi connectivity index (χ4n) is 1.33. The summed E-state index contributed by atoms with van der Waals surface area (Å²) in [6, 6.07) is -0.795. The summed E-state index contributed by atoms with van der Waals surface area (Å²) in [5.41, 5.74) is 4.91. The molecular weight excluding hydrogens is 222 g/mol. The molecule has 0 saturated heterocycles. The number of hydrogen-bond donors (Lipinski definition) is 2. The van der Waals surface area contributed by atoms with Gasteiger partial charge in [0.1, 0.15) is 11.6 Å². The lowest BCUT2D eigenvalue weighted by Gasteiger charge is -2.19. The van der Waals surface area contributed by atoms with Crippen LogP contribution in [-0.4, -0.2) is 28.7 Å². The van der Waals surface area contributed by atoms with E-state index in [4.69, 9.17) is 15.6 Å². The Balaban J connectivity index is 3.52. The van der Waals surface area contributed by atoms with Crippen molar-refractivity contribution >= 4 is 11.9 Å². The van der Waals surface area contributed by atoms with Gasteiger partial charge >= 0.3 is 11.9 Å². The highest BCUT2D eigenvalue weighted by molar-refractivity contribution is 5.72. The van der Waals surface area contributed by atoms with Gasteiger partial charge in [0.15, 0.2) is 0 Å². The predicted molar refractivity (Wildman–Crippen MR) is 64.5 cm³/mol. The van der Waals surface area contributed by atoms with Crippen molar-refractivity contribution in [2.24, 2.45) is 5.73 Å². The first-order valence-corrected chi connectivity index (χ1v) is 5.92. The Labute approximate surface area is 102 Å². The number of ether oxygens (including phenoxy) is 1. The van der Waals surface area contributed by atoms with Gasteiger partial charge in [-0.05, 0) is 33.6 Å². The molecule has 1 atom stereocenters. The van der Waals surface area contributed by atoms with Crippen molar-refractivity contribution < 1.29 is 19.4 Å². The number of unbranched alkanes of at least 4 members (excludes halogenated alkanes) is 2. The molecule has 0 heterocycles. The Bertz CT molecular complexity index is 258. The number of nitrogens with two attached hydrogens (primary N) is 1. The predicted octanol–water partition coefficient (Wildman–Crippen LogP) is 1.69. The quantitative estimate of drug-likeness (QED) is 0.526. The minimum absolute atomic E-state index is 0.208. The molecule has 0 spiro atoms. The molecule has 0 radical (unpaired) electrons. The third-order valence-electron chi connectivity index (χ3n) is 2.13. The summed E-state index contributed by atoms with van der Waals surface area (Å²) in [4.78, 5) is 21.8. The summed E-state index contributed by atoms with van der Waals surface area (Å²) >= 11 is 0. The second-order valence-corrected chi connectivity index (χ2v) is 5.13. The third-order valence-corrected chi connectivity index (χ3v) is 2.13. The van der Waals surface area contributed by atoms with Crippen LogP contribution in [0.4, 0.5) is 0 Å². The second-order valence-electron chi connectivity index (χ2n) is 5.13. The van der Waals surface area contributed by atoms with E-state index in [-0.39, 0.29) is 5.97 Å². The van der Waals surface area contributed by atoms with E-state index >= 15 is 0 Å². The standard InChI is InChI=1S/C12H23NO4/c1-12(2,3)17-10(14)8-6-4-5-7-9(13)11(15)16/h9H,4-8,13H2,1-3H3,(H,15,16). The van der Waals surface area contributed by atoms with E-state index in [9.17, 15) is 9.59 Å². The first-order valence-electron chi connectivity index (χ1n) is 5.92. The SMILES string of the molecule is CC(C)(C)OC(=O)CCCCCC(N)C(=O)O. The molecule has 5 nitrogen and oxygen atoms in total. The van der Waals surface area contributed by atoms with Crippen LogP contribution in [0.5, 0.6) is 0 Å². The molecule has 17 heavy (non-hydrogen) atoms. The number of carbonyl (C=O) groups is 2. The summed E-state index contributed by atoms with van der Waals surface area (Å²) in [6.07, 6.45) is 3.04. The van der Waals surface area contributed by atoms with Gasteiger partial charge in [-0.25, -0.2) is 0 Å². The molecule has 0 fully saturated rings. The zero-order valence-corrected chi connectivity index (χ0v) is 10.9. The molecule has 100 valence electrons. The smallest absolute Gasteiger partial charge is 0.320 e. The first-order chi connectivity index (χ1) is 7.72. The zero-order valence-electron chi connectivity index (χ0n) is 10.9. The second kappa shape index (κ2) is 7.27. The van der Waals surface area contributed by atoms with Gasteiger partial charge < -0.3 is 15.6 Å². The van der Waals surface area contributed by atoms with Crippen LogP contribution in [0.25, 0.3) is 0 Å². The number of aliphatic carboxylic acids is 1. The number of rotatable bonds is 7. The van der Waals surface area contributed by atoms with Crippen molar-refractivity contribution in [1.82, 2.24) is 0 Å². The largest absolute Gasteiger partial charge is 0.480 e. The Hall–Kier alpha value is -1.10. The van der Waals surface area contributed by atoms with Gasteiger partial charge in [0, 0.05) is 6.42 Å². The van der Waals surface area contributed by atoms with E-state index in [0.717, 1.165) is 12.8 Å². The number of carbonyl (C=O) groups excluding carboxylic acids is 1. The fourth-order valence-corrected chi connectivity index (χ4v) is 1.33. The van der Waals surface area contributed by atoms with E-state index in [1.54, 1.807) is 0 Å². The van der Waals surface area contributed by atoms with Crippen LogP contribution >= 0.6 is 0 Å². The molecule has 0 aliphatic carbocycles. The van der Waals surface area contributed by atoms with Crippen LogP contribution in [0.2, 0.25) is 0 Å². The molecule has 0 aromatic carbocycles.